The topological polar surface area (TPSA) is 74.6 Å². The normalized spacial score (nSPS) is 18.9. The summed E-state index contributed by atoms with van der Waals surface area (Å²) in [6.07, 6.45) is 2.25. The van der Waals surface area contributed by atoms with E-state index in [-0.39, 0.29) is 17.0 Å². The van der Waals surface area contributed by atoms with Crippen molar-refractivity contribution in [2.45, 2.75) is 25.2 Å². The lowest BCUT2D eigenvalue weighted by molar-refractivity contribution is 0.0680. The number of benzene rings is 1. The monoisotopic (exact) mass is 272 g/mol. The maximum absolute atomic E-state index is 11.3. The third-order valence-corrected chi connectivity index (χ3v) is 3.69. The molecule has 4 heteroatoms. The lowest BCUT2D eigenvalue weighted by atomic mass is 9.77. The number of carboxylic acid groups (broad SMARTS) is 2. The highest BCUT2D eigenvalue weighted by atomic mass is 16.4. The summed E-state index contributed by atoms with van der Waals surface area (Å²) >= 11 is 0. The van der Waals surface area contributed by atoms with Crippen LogP contribution in [0, 0.1) is 0 Å². The third kappa shape index (κ3) is 2.64. The summed E-state index contributed by atoms with van der Waals surface area (Å²) in [7, 11) is 0. The van der Waals surface area contributed by atoms with Gasteiger partial charge >= 0.3 is 11.9 Å². The van der Waals surface area contributed by atoms with E-state index in [1.165, 1.54) is 18.2 Å². The zero-order valence-corrected chi connectivity index (χ0v) is 11.1. The van der Waals surface area contributed by atoms with Crippen LogP contribution in [-0.2, 0) is 0 Å². The SMILES string of the molecule is C=C1CCC(=C)C(c2cc(C(=O)O)ccc2C(=O)O)C1. The first kappa shape index (κ1) is 14.1. The Hall–Kier alpha value is -2.36. The van der Waals surface area contributed by atoms with E-state index >= 15 is 0 Å². The largest absolute Gasteiger partial charge is 0.478 e. The van der Waals surface area contributed by atoms with Crippen LogP contribution in [-0.4, -0.2) is 22.2 Å². The quantitative estimate of drug-likeness (QED) is 0.826. The summed E-state index contributed by atoms with van der Waals surface area (Å²) < 4.78 is 0. The first-order valence-electron chi connectivity index (χ1n) is 6.35. The Kier molecular flexibility index (Phi) is 3.74. The molecule has 20 heavy (non-hydrogen) atoms. The fraction of sp³-hybridized carbons (Fsp3) is 0.250. The van der Waals surface area contributed by atoms with Crippen molar-refractivity contribution in [1.82, 2.24) is 0 Å². The van der Waals surface area contributed by atoms with Gasteiger partial charge in [0, 0.05) is 5.92 Å². The zero-order valence-electron chi connectivity index (χ0n) is 11.1. The summed E-state index contributed by atoms with van der Waals surface area (Å²) in [5.74, 6) is -2.29. The molecule has 104 valence electrons. The van der Waals surface area contributed by atoms with Gasteiger partial charge in [0.2, 0.25) is 0 Å². The van der Waals surface area contributed by atoms with Crippen molar-refractivity contribution in [3.05, 3.63) is 59.2 Å². The van der Waals surface area contributed by atoms with Crippen LogP contribution < -0.4 is 0 Å². The molecule has 1 unspecified atom stereocenters. The van der Waals surface area contributed by atoms with Gasteiger partial charge in [0.25, 0.3) is 0 Å². The van der Waals surface area contributed by atoms with Crippen LogP contribution >= 0.6 is 0 Å². The van der Waals surface area contributed by atoms with Gasteiger partial charge in [-0.25, -0.2) is 9.59 Å². The second-order valence-corrected chi connectivity index (χ2v) is 5.08. The molecule has 0 aromatic heterocycles. The van der Waals surface area contributed by atoms with E-state index in [1.54, 1.807) is 0 Å². The number of rotatable bonds is 3. The molecule has 0 spiro atoms. The highest BCUT2D eigenvalue weighted by molar-refractivity contribution is 5.93. The molecule has 0 radical (unpaired) electrons. The Morgan fingerprint density at radius 1 is 1.10 bits per heavy atom. The van der Waals surface area contributed by atoms with Gasteiger partial charge in [-0.15, -0.1) is 0 Å². The predicted molar refractivity (Wildman–Crippen MR) is 75.2 cm³/mol. The van der Waals surface area contributed by atoms with Crippen molar-refractivity contribution in [2.75, 3.05) is 0 Å². The molecule has 1 aromatic carbocycles. The minimum absolute atomic E-state index is 0.0917. The minimum atomic E-state index is -1.07. The minimum Gasteiger partial charge on any atom is -0.478 e. The Bertz CT molecular complexity index is 613. The maximum Gasteiger partial charge on any atom is 0.335 e. The first-order chi connectivity index (χ1) is 9.40. The van der Waals surface area contributed by atoms with Crippen molar-refractivity contribution in [2.24, 2.45) is 0 Å². The second-order valence-electron chi connectivity index (χ2n) is 5.08. The number of carbonyl (C=O) groups is 2. The van der Waals surface area contributed by atoms with Gasteiger partial charge in [0.15, 0.2) is 0 Å². The number of carboxylic acids is 2. The van der Waals surface area contributed by atoms with Gasteiger partial charge in [0.05, 0.1) is 11.1 Å². The van der Waals surface area contributed by atoms with E-state index in [1.807, 2.05) is 0 Å². The van der Waals surface area contributed by atoms with Crippen LogP contribution in [0.2, 0.25) is 0 Å². The molecule has 0 heterocycles. The molecule has 1 aliphatic rings. The molecule has 1 saturated carbocycles. The molecule has 2 rings (SSSR count). The summed E-state index contributed by atoms with van der Waals surface area (Å²) in [6, 6.07) is 4.11. The lowest BCUT2D eigenvalue weighted by Gasteiger charge is -2.28. The van der Waals surface area contributed by atoms with E-state index in [0.29, 0.717) is 12.0 Å². The van der Waals surface area contributed by atoms with E-state index in [0.717, 1.165) is 24.0 Å². The Balaban J connectivity index is 2.54. The van der Waals surface area contributed by atoms with Crippen molar-refractivity contribution in [3.8, 4) is 0 Å². The Labute approximate surface area is 117 Å². The van der Waals surface area contributed by atoms with Crippen molar-refractivity contribution >= 4 is 11.9 Å². The van der Waals surface area contributed by atoms with Crippen LogP contribution in [0.5, 0.6) is 0 Å². The molecule has 4 nitrogen and oxygen atoms in total. The summed E-state index contributed by atoms with van der Waals surface area (Å²) in [5, 5.41) is 18.3. The predicted octanol–water partition coefficient (Wildman–Crippen LogP) is 3.46. The molecule has 1 fully saturated rings. The Morgan fingerprint density at radius 2 is 1.80 bits per heavy atom. The Morgan fingerprint density at radius 3 is 2.40 bits per heavy atom. The molecule has 0 saturated heterocycles. The fourth-order valence-corrected chi connectivity index (χ4v) is 2.56. The van der Waals surface area contributed by atoms with Gasteiger partial charge in [-0.3, -0.25) is 0 Å². The van der Waals surface area contributed by atoms with E-state index in [4.69, 9.17) is 5.11 Å². The lowest BCUT2D eigenvalue weighted by Crippen LogP contribution is -2.15. The molecular weight excluding hydrogens is 256 g/mol. The summed E-state index contributed by atoms with van der Waals surface area (Å²) in [4.78, 5) is 22.4. The molecule has 2 N–H and O–H groups in total. The van der Waals surface area contributed by atoms with Crippen molar-refractivity contribution < 1.29 is 19.8 Å². The van der Waals surface area contributed by atoms with Gasteiger partial charge in [-0.2, -0.15) is 0 Å². The third-order valence-electron chi connectivity index (χ3n) is 3.69. The molecule has 1 aliphatic carbocycles. The van der Waals surface area contributed by atoms with Crippen LogP contribution in [0.3, 0.4) is 0 Å². The zero-order chi connectivity index (χ0) is 14.9. The van der Waals surface area contributed by atoms with Gasteiger partial charge in [-0.1, -0.05) is 24.3 Å². The molecule has 1 atom stereocenters. The van der Waals surface area contributed by atoms with Crippen LogP contribution in [0.1, 0.15) is 51.5 Å². The van der Waals surface area contributed by atoms with Gasteiger partial charge in [-0.05, 0) is 43.0 Å². The summed E-state index contributed by atoms with van der Waals surface area (Å²) in [6.45, 7) is 7.95. The molecule has 0 bridgehead atoms. The van der Waals surface area contributed by atoms with Gasteiger partial charge < -0.3 is 10.2 Å². The van der Waals surface area contributed by atoms with Crippen molar-refractivity contribution in [1.29, 1.82) is 0 Å². The fourth-order valence-electron chi connectivity index (χ4n) is 2.56. The second kappa shape index (κ2) is 5.33. The average molecular weight is 272 g/mol. The molecule has 0 amide bonds. The molecular formula is C16H16O4. The summed E-state index contributed by atoms with van der Waals surface area (Å²) in [5.41, 5.74) is 2.72. The number of allylic oxidation sites excluding steroid dienone is 2. The van der Waals surface area contributed by atoms with Crippen LogP contribution in [0.25, 0.3) is 0 Å². The molecule has 1 aromatic rings. The van der Waals surface area contributed by atoms with E-state index < -0.39 is 11.9 Å². The van der Waals surface area contributed by atoms with E-state index in [9.17, 15) is 14.7 Å². The van der Waals surface area contributed by atoms with Crippen LogP contribution in [0.15, 0.2) is 42.5 Å². The first-order valence-corrected chi connectivity index (χ1v) is 6.35. The van der Waals surface area contributed by atoms with Crippen molar-refractivity contribution in [3.63, 3.8) is 0 Å². The molecule has 0 aliphatic heterocycles. The van der Waals surface area contributed by atoms with Gasteiger partial charge in [0.1, 0.15) is 0 Å². The maximum atomic E-state index is 11.3. The highest BCUT2D eigenvalue weighted by Crippen LogP contribution is 2.40. The highest BCUT2D eigenvalue weighted by Gasteiger charge is 2.26. The smallest absolute Gasteiger partial charge is 0.335 e. The number of hydrogen-bond acceptors (Lipinski definition) is 2. The number of hydrogen-bond donors (Lipinski definition) is 2. The standard InChI is InChI=1S/C16H16O4/c1-9-3-4-10(2)13(7-9)14-8-11(15(17)18)5-6-12(14)16(19)20/h5-6,8,13H,1-4,7H2,(H,17,18)(H,19,20). The van der Waals surface area contributed by atoms with E-state index in [2.05, 4.69) is 13.2 Å². The number of aromatic carboxylic acids is 2. The van der Waals surface area contributed by atoms with Crippen LogP contribution in [0.4, 0.5) is 0 Å². The average Bonchev–Trinajstić information content (AvgIpc) is 2.40.